The van der Waals surface area contributed by atoms with Crippen molar-refractivity contribution >= 4 is 11.4 Å². The molecule has 0 bridgehead atoms. The third-order valence-electron chi connectivity index (χ3n) is 3.73. The molecule has 0 saturated carbocycles. The average molecular weight is 294 g/mol. The Morgan fingerprint density at radius 3 is 3.00 bits per heavy atom. The quantitative estimate of drug-likeness (QED) is 0.471. The summed E-state index contributed by atoms with van der Waals surface area (Å²) < 4.78 is 5.48. The minimum atomic E-state index is -0.423. The van der Waals surface area contributed by atoms with Gasteiger partial charge in [0, 0.05) is 25.8 Å². The smallest absolute Gasteiger partial charge is 0.293 e. The van der Waals surface area contributed by atoms with Gasteiger partial charge < -0.3 is 15.1 Å². The lowest BCUT2D eigenvalue weighted by Crippen LogP contribution is -2.31. The second kappa shape index (κ2) is 7.35. The Morgan fingerprint density at radius 2 is 2.38 bits per heavy atom. The fourth-order valence-electron chi connectivity index (χ4n) is 2.78. The first-order valence-electron chi connectivity index (χ1n) is 7.11. The molecule has 7 nitrogen and oxygen atoms in total. The maximum atomic E-state index is 11.0. The number of ether oxygens (including phenoxy) is 1. The number of nitrogen functional groups attached to an aromatic ring is 1. The first-order chi connectivity index (χ1) is 10.1. The highest BCUT2D eigenvalue weighted by Crippen LogP contribution is 2.28. The van der Waals surface area contributed by atoms with Crippen LogP contribution in [0.15, 0.2) is 18.2 Å². The molecule has 0 aromatic heterocycles. The van der Waals surface area contributed by atoms with Gasteiger partial charge in [0.15, 0.2) is 0 Å². The third kappa shape index (κ3) is 4.13. The lowest BCUT2D eigenvalue weighted by molar-refractivity contribution is -0.384. The summed E-state index contributed by atoms with van der Waals surface area (Å²) in [7, 11) is 2.01. The van der Waals surface area contributed by atoms with Crippen LogP contribution in [-0.4, -0.2) is 36.6 Å². The van der Waals surface area contributed by atoms with Crippen LogP contribution in [0, 0.1) is 16.0 Å². The van der Waals surface area contributed by atoms with E-state index in [-0.39, 0.29) is 5.69 Å². The van der Waals surface area contributed by atoms with Crippen molar-refractivity contribution in [2.45, 2.75) is 19.4 Å². The number of hydrogen-bond acceptors (Lipinski definition) is 6. The molecule has 0 aliphatic carbocycles. The minimum Gasteiger partial charge on any atom is -0.381 e. The van der Waals surface area contributed by atoms with Gasteiger partial charge >= 0.3 is 0 Å². The summed E-state index contributed by atoms with van der Waals surface area (Å²) in [6, 6.07) is 5.00. The Morgan fingerprint density at radius 1 is 1.57 bits per heavy atom. The van der Waals surface area contributed by atoms with Gasteiger partial charge in [-0.15, -0.1) is 0 Å². The minimum absolute atomic E-state index is 0.00407. The fraction of sp³-hybridized carbons (Fsp3) is 0.571. The van der Waals surface area contributed by atoms with E-state index in [2.05, 4.69) is 10.3 Å². The van der Waals surface area contributed by atoms with Gasteiger partial charge in [0.1, 0.15) is 5.69 Å². The van der Waals surface area contributed by atoms with E-state index >= 15 is 0 Å². The number of nitrogens with one attached hydrogen (secondary N) is 1. The van der Waals surface area contributed by atoms with E-state index in [1.54, 1.807) is 6.07 Å². The van der Waals surface area contributed by atoms with Crippen molar-refractivity contribution in [3.63, 3.8) is 0 Å². The van der Waals surface area contributed by atoms with E-state index in [0.29, 0.717) is 18.2 Å². The molecule has 1 aromatic rings. The summed E-state index contributed by atoms with van der Waals surface area (Å²) in [5.41, 5.74) is 3.67. The van der Waals surface area contributed by atoms with Gasteiger partial charge in [-0.2, -0.15) is 0 Å². The molecule has 1 atom stereocenters. The first kappa shape index (κ1) is 15.7. The van der Waals surface area contributed by atoms with Gasteiger partial charge in [-0.1, -0.05) is 12.1 Å². The fourth-order valence-corrected chi connectivity index (χ4v) is 2.78. The van der Waals surface area contributed by atoms with E-state index in [1.807, 2.05) is 13.1 Å². The zero-order valence-electron chi connectivity index (χ0n) is 12.2. The van der Waals surface area contributed by atoms with Crippen molar-refractivity contribution in [3.8, 4) is 0 Å². The predicted octanol–water partition coefficient (Wildman–Crippen LogP) is 1.74. The molecule has 0 spiro atoms. The monoisotopic (exact) mass is 294 g/mol. The van der Waals surface area contributed by atoms with E-state index in [4.69, 9.17) is 10.6 Å². The van der Waals surface area contributed by atoms with Crippen LogP contribution in [-0.2, 0) is 11.3 Å². The number of hydrazine groups is 1. The lowest BCUT2D eigenvalue weighted by atomic mass is 10.0. The molecule has 1 aliphatic rings. The maximum Gasteiger partial charge on any atom is 0.293 e. The molecule has 2 rings (SSSR count). The summed E-state index contributed by atoms with van der Waals surface area (Å²) >= 11 is 0. The van der Waals surface area contributed by atoms with Gasteiger partial charge in [0.05, 0.1) is 11.5 Å². The van der Waals surface area contributed by atoms with Crippen molar-refractivity contribution in [1.82, 2.24) is 4.90 Å². The normalized spacial score (nSPS) is 18.7. The second-order valence-corrected chi connectivity index (χ2v) is 5.49. The van der Waals surface area contributed by atoms with Crippen LogP contribution in [0.25, 0.3) is 0 Å². The van der Waals surface area contributed by atoms with Gasteiger partial charge in [0.2, 0.25) is 0 Å². The van der Waals surface area contributed by atoms with E-state index < -0.39 is 4.92 Å². The summed E-state index contributed by atoms with van der Waals surface area (Å²) in [5, 5.41) is 11.0. The molecule has 1 fully saturated rings. The third-order valence-corrected chi connectivity index (χ3v) is 3.73. The van der Waals surface area contributed by atoms with Crippen LogP contribution in [0.4, 0.5) is 11.4 Å². The summed E-state index contributed by atoms with van der Waals surface area (Å²) in [5.74, 6) is 5.98. The first-order valence-corrected chi connectivity index (χ1v) is 7.11. The average Bonchev–Trinajstić information content (AvgIpc) is 2.47. The predicted molar refractivity (Wildman–Crippen MR) is 80.8 cm³/mol. The molecule has 1 saturated heterocycles. The highest BCUT2D eigenvalue weighted by atomic mass is 16.6. The van der Waals surface area contributed by atoms with Crippen molar-refractivity contribution < 1.29 is 9.66 Å². The number of rotatable bonds is 6. The number of hydrogen-bond donors (Lipinski definition) is 2. The number of nitrogens with two attached hydrogens (primary N) is 1. The molecule has 0 amide bonds. The van der Waals surface area contributed by atoms with Crippen LogP contribution in [0.2, 0.25) is 0 Å². The molecule has 1 aromatic carbocycles. The van der Waals surface area contributed by atoms with Crippen molar-refractivity contribution in [1.29, 1.82) is 0 Å². The standard InChI is InChI=1S/C14H22N4O3/c1-17(8-11-4-3-7-21-10-11)9-12-5-2-6-13(18(19)20)14(12)16-15/h2,5-6,11,16H,3-4,7-10,15H2,1H3. The highest BCUT2D eigenvalue weighted by molar-refractivity contribution is 5.65. The molecule has 1 heterocycles. The molecular weight excluding hydrogens is 272 g/mol. The Bertz CT molecular complexity index is 489. The molecule has 116 valence electrons. The van der Waals surface area contributed by atoms with Gasteiger partial charge in [0.25, 0.3) is 5.69 Å². The van der Waals surface area contributed by atoms with Crippen LogP contribution in [0.3, 0.4) is 0 Å². The van der Waals surface area contributed by atoms with Crippen LogP contribution >= 0.6 is 0 Å². The number of nitrogens with zero attached hydrogens (tertiary/aromatic N) is 2. The molecule has 7 heteroatoms. The molecule has 1 unspecified atom stereocenters. The van der Waals surface area contributed by atoms with Crippen LogP contribution in [0.1, 0.15) is 18.4 Å². The number of nitro groups is 1. The summed E-state index contributed by atoms with van der Waals surface area (Å²) in [4.78, 5) is 12.7. The number of nitro benzene ring substituents is 1. The second-order valence-electron chi connectivity index (χ2n) is 5.49. The SMILES string of the molecule is CN(Cc1cccc([N+](=O)[O-])c1NN)CC1CCCOC1. The Labute approximate surface area is 124 Å². The van der Waals surface area contributed by atoms with E-state index in [0.717, 1.165) is 31.7 Å². The Kier molecular flexibility index (Phi) is 5.49. The topological polar surface area (TPSA) is 93.7 Å². The van der Waals surface area contributed by atoms with Crippen molar-refractivity contribution in [2.75, 3.05) is 32.2 Å². The van der Waals surface area contributed by atoms with Crippen molar-refractivity contribution in [3.05, 3.63) is 33.9 Å². The van der Waals surface area contributed by atoms with Crippen LogP contribution < -0.4 is 11.3 Å². The maximum absolute atomic E-state index is 11.0. The Hall–Kier alpha value is -1.70. The zero-order valence-corrected chi connectivity index (χ0v) is 12.2. The van der Waals surface area contributed by atoms with E-state index in [1.165, 1.54) is 12.5 Å². The van der Waals surface area contributed by atoms with Gasteiger partial charge in [-0.25, -0.2) is 0 Å². The highest BCUT2D eigenvalue weighted by Gasteiger charge is 2.19. The number of anilines is 1. The Balaban J connectivity index is 2.04. The van der Waals surface area contributed by atoms with Gasteiger partial charge in [-0.05, 0) is 31.4 Å². The van der Waals surface area contributed by atoms with Crippen molar-refractivity contribution in [2.24, 2.45) is 11.8 Å². The van der Waals surface area contributed by atoms with E-state index in [9.17, 15) is 10.1 Å². The molecule has 21 heavy (non-hydrogen) atoms. The van der Waals surface area contributed by atoms with Gasteiger partial charge in [-0.3, -0.25) is 16.0 Å². The molecular formula is C14H22N4O3. The lowest BCUT2D eigenvalue weighted by Gasteiger charge is -2.27. The molecule has 0 radical (unpaired) electrons. The molecule has 1 aliphatic heterocycles. The largest absolute Gasteiger partial charge is 0.381 e. The number of para-hydroxylation sites is 1. The number of benzene rings is 1. The summed E-state index contributed by atoms with van der Waals surface area (Å²) in [6.07, 6.45) is 2.27. The zero-order chi connectivity index (χ0) is 15.2. The molecule has 3 N–H and O–H groups in total. The van der Waals surface area contributed by atoms with Crippen LogP contribution in [0.5, 0.6) is 0 Å². The summed E-state index contributed by atoms with van der Waals surface area (Å²) in [6.45, 7) is 3.16.